The van der Waals surface area contributed by atoms with Gasteiger partial charge in [-0.3, -0.25) is 0 Å². The highest BCUT2D eigenvalue weighted by atomic mass is 16.3. The van der Waals surface area contributed by atoms with Gasteiger partial charge in [-0.15, -0.1) is 0 Å². The maximum absolute atomic E-state index is 5.90. The minimum Gasteiger partial charge on any atom is -0.459 e. The Morgan fingerprint density at radius 2 is 2.09 bits per heavy atom. The number of aryl methyl sites for hydroxylation is 1. The monoisotopic (exact) mass is 293 g/mol. The summed E-state index contributed by atoms with van der Waals surface area (Å²) >= 11 is 0. The normalized spacial score (nSPS) is 12.8. The van der Waals surface area contributed by atoms with Crippen molar-refractivity contribution in [3.05, 3.63) is 54.2 Å². The zero-order valence-corrected chi connectivity index (χ0v) is 12.3. The van der Waals surface area contributed by atoms with Gasteiger partial charge in [-0.2, -0.15) is 14.6 Å². The molecule has 22 heavy (non-hydrogen) atoms. The molecule has 6 heteroatoms. The molecule has 1 aromatic carbocycles. The van der Waals surface area contributed by atoms with Crippen LogP contribution in [0.5, 0.6) is 0 Å². The van der Waals surface area contributed by atoms with Crippen molar-refractivity contribution in [1.29, 1.82) is 0 Å². The van der Waals surface area contributed by atoms with Crippen LogP contribution >= 0.6 is 0 Å². The number of aromatic nitrogens is 4. The molecular weight excluding hydrogens is 278 g/mol. The van der Waals surface area contributed by atoms with E-state index in [2.05, 4.69) is 33.4 Å². The van der Waals surface area contributed by atoms with Crippen LogP contribution in [-0.2, 0) is 0 Å². The molecule has 1 atom stereocenters. The van der Waals surface area contributed by atoms with Gasteiger partial charge in [-0.25, -0.2) is 4.98 Å². The molecule has 0 radical (unpaired) electrons. The van der Waals surface area contributed by atoms with Crippen LogP contribution in [0.3, 0.4) is 0 Å². The Labute approximate surface area is 126 Å². The van der Waals surface area contributed by atoms with Crippen LogP contribution in [0, 0.1) is 6.92 Å². The van der Waals surface area contributed by atoms with E-state index < -0.39 is 0 Å². The first-order valence-corrected chi connectivity index (χ1v) is 7.13. The van der Waals surface area contributed by atoms with E-state index in [0.717, 1.165) is 28.2 Å². The summed E-state index contributed by atoms with van der Waals surface area (Å²) in [6.07, 6.45) is 1.50. The number of hydrogen-bond donors (Lipinski definition) is 1. The molecule has 3 heterocycles. The minimum atomic E-state index is 0.00148. The maximum Gasteiger partial charge on any atom is 0.254 e. The zero-order valence-electron chi connectivity index (χ0n) is 12.3. The molecule has 4 aromatic rings. The van der Waals surface area contributed by atoms with Gasteiger partial charge in [0.25, 0.3) is 5.78 Å². The Morgan fingerprint density at radius 3 is 2.95 bits per heavy atom. The molecule has 0 fully saturated rings. The molecule has 0 saturated heterocycles. The molecule has 6 nitrogen and oxygen atoms in total. The van der Waals surface area contributed by atoms with Crippen molar-refractivity contribution in [2.75, 3.05) is 5.32 Å². The molecule has 110 valence electrons. The minimum absolute atomic E-state index is 0.00148. The Bertz CT molecular complexity index is 922. The molecule has 0 aliphatic heterocycles. The third-order valence-corrected chi connectivity index (χ3v) is 3.62. The molecule has 1 N–H and O–H groups in total. The number of para-hydroxylation sites is 1. The van der Waals surface area contributed by atoms with E-state index in [0.29, 0.717) is 5.78 Å². The third kappa shape index (κ3) is 2.09. The number of benzene rings is 1. The van der Waals surface area contributed by atoms with E-state index in [1.54, 1.807) is 4.52 Å². The van der Waals surface area contributed by atoms with E-state index in [4.69, 9.17) is 4.42 Å². The number of rotatable bonds is 3. The Hall–Kier alpha value is -2.89. The first-order chi connectivity index (χ1) is 10.7. The number of anilines is 1. The number of fused-ring (bicyclic) bond motifs is 2. The van der Waals surface area contributed by atoms with Gasteiger partial charge in [-0.05, 0) is 26.0 Å². The fraction of sp³-hybridized carbons (Fsp3) is 0.188. The second-order valence-corrected chi connectivity index (χ2v) is 5.31. The second kappa shape index (κ2) is 4.84. The number of nitrogens with one attached hydrogen (secondary N) is 1. The molecule has 0 unspecified atom stereocenters. The fourth-order valence-corrected chi connectivity index (χ4v) is 2.54. The largest absolute Gasteiger partial charge is 0.459 e. The predicted molar refractivity (Wildman–Crippen MR) is 83.8 cm³/mol. The lowest BCUT2D eigenvalue weighted by molar-refractivity contribution is 0.525. The van der Waals surface area contributed by atoms with Crippen molar-refractivity contribution in [1.82, 2.24) is 19.6 Å². The van der Waals surface area contributed by atoms with Gasteiger partial charge in [0.1, 0.15) is 23.5 Å². The lowest BCUT2D eigenvalue weighted by atomic mass is 10.2. The van der Waals surface area contributed by atoms with Crippen LogP contribution in [0.1, 0.15) is 24.4 Å². The third-order valence-electron chi connectivity index (χ3n) is 3.62. The average Bonchev–Trinajstić information content (AvgIpc) is 3.12. The molecule has 0 amide bonds. The summed E-state index contributed by atoms with van der Waals surface area (Å²) in [7, 11) is 0. The van der Waals surface area contributed by atoms with Gasteiger partial charge in [0.2, 0.25) is 0 Å². The lowest BCUT2D eigenvalue weighted by Crippen LogP contribution is -2.10. The van der Waals surface area contributed by atoms with Crippen molar-refractivity contribution in [2.24, 2.45) is 0 Å². The highest BCUT2D eigenvalue weighted by molar-refractivity contribution is 5.77. The summed E-state index contributed by atoms with van der Waals surface area (Å²) < 4.78 is 7.59. The molecular formula is C16H15N5O. The van der Waals surface area contributed by atoms with Gasteiger partial charge in [0.15, 0.2) is 0 Å². The Balaban J connectivity index is 1.70. The summed E-state index contributed by atoms with van der Waals surface area (Å²) in [4.78, 5) is 8.47. The van der Waals surface area contributed by atoms with Crippen molar-refractivity contribution in [3.8, 4) is 0 Å². The molecule has 0 aliphatic carbocycles. The van der Waals surface area contributed by atoms with Crippen molar-refractivity contribution in [2.45, 2.75) is 19.9 Å². The quantitative estimate of drug-likeness (QED) is 0.627. The molecule has 4 rings (SSSR count). The summed E-state index contributed by atoms with van der Waals surface area (Å²) in [5, 5.41) is 8.71. The van der Waals surface area contributed by atoms with Crippen molar-refractivity contribution >= 4 is 22.6 Å². The summed E-state index contributed by atoms with van der Waals surface area (Å²) in [5.74, 6) is 2.30. The molecule has 0 spiro atoms. The highest BCUT2D eigenvalue weighted by Gasteiger charge is 2.14. The number of furan rings is 1. The number of nitrogens with zero attached hydrogens (tertiary/aromatic N) is 4. The van der Waals surface area contributed by atoms with E-state index in [9.17, 15) is 0 Å². The predicted octanol–water partition coefficient (Wildman–Crippen LogP) is 3.35. The van der Waals surface area contributed by atoms with Gasteiger partial charge in [0.05, 0.1) is 6.04 Å². The average molecular weight is 293 g/mol. The maximum atomic E-state index is 5.90. The number of hydrogen-bond acceptors (Lipinski definition) is 5. The van der Waals surface area contributed by atoms with E-state index in [-0.39, 0.29) is 6.04 Å². The van der Waals surface area contributed by atoms with Crippen LogP contribution in [0.15, 0.2) is 47.1 Å². The molecule has 0 aliphatic rings. The van der Waals surface area contributed by atoms with E-state index in [1.807, 2.05) is 37.3 Å². The Morgan fingerprint density at radius 1 is 1.23 bits per heavy atom. The van der Waals surface area contributed by atoms with Crippen LogP contribution in [0.2, 0.25) is 0 Å². The highest BCUT2D eigenvalue weighted by Crippen LogP contribution is 2.26. The van der Waals surface area contributed by atoms with Gasteiger partial charge in [-0.1, -0.05) is 18.2 Å². The summed E-state index contributed by atoms with van der Waals surface area (Å²) in [6.45, 7) is 3.99. The fourth-order valence-electron chi connectivity index (χ4n) is 2.54. The van der Waals surface area contributed by atoms with Crippen molar-refractivity contribution in [3.63, 3.8) is 0 Å². The van der Waals surface area contributed by atoms with E-state index >= 15 is 0 Å². The van der Waals surface area contributed by atoms with Crippen LogP contribution in [-0.4, -0.2) is 19.6 Å². The Kier molecular flexibility index (Phi) is 2.82. The molecule has 0 saturated carbocycles. The van der Waals surface area contributed by atoms with Gasteiger partial charge in [0, 0.05) is 17.1 Å². The van der Waals surface area contributed by atoms with Crippen LogP contribution < -0.4 is 5.32 Å². The second-order valence-electron chi connectivity index (χ2n) is 5.31. The smallest absolute Gasteiger partial charge is 0.254 e. The molecule has 0 bridgehead atoms. The van der Waals surface area contributed by atoms with Gasteiger partial charge < -0.3 is 9.73 Å². The van der Waals surface area contributed by atoms with Crippen molar-refractivity contribution < 1.29 is 4.42 Å². The van der Waals surface area contributed by atoms with Crippen LogP contribution in [0.25, 0.3) is 16.7 Å². The van der Waals surface area contributed by atoms with E-state index in [1.165, 1.54) is 6.33 Å². The summed E-state index contributed by atoms with van der Waals surface area (Å²) in [5.41, 5.74) is 1.78. The molecule has 3 aromatic heterocycles. The summed E-state index contributed by atoms with van der Waals surface area (Å²) in [6, 6.07) is 12.0. The van der Waals surface area contributed by atoms with Gasteiger partial charge >= 0.3 is 0 Å². The SMILES string of the molecule is Cc1cc(N[C@@H](C)c2cc3ccccc3o2)n2ncnc2n1. The standard InChI is InChI=1S/C16H15N5O/c1-10-7-15(21-16(19-10)17-9-18-21)20-11(2)14-8-12-5-3-4-6-13(12)22-14/h3-9,11,20H,1-2H3/t11-/m0/s1. The topological polar surface area (TPSA) is 68.2 Å². The van der Waals surface area contributed by atoms with Crippen LogP contribution in [0.4, 0.5) is 5.82 Å². The zero-order chi connectivity index (χ0) is 15.1. The first-order valence-electron chi connectivity index (χ1n) is 7.13. The first kappa shape index (κ1) is 12.8. The lowest BCUT2D eigenvalue weighted by Gasteiger charge is -2.13.